The molecule has 0 saturated heterocycles. The van der Waals surface area contributed by atoms with Gasteiger partial charge in [0.15, 0.2) is 5.96 Å². The van der Waals surface area contributed by atoms with E-state index in [-0.39, 0.29) is 11.6 Å². The zero-order valence-electron chi connectivity index (χ0n) is 11.9. The Kier molecular flexibility index (Phi) is 5.06. The highest BCUT2D eigenvalue weighted by atomic mass is 35.5. The van der Waals surface area contributed by atoms with Gasteiger partial charge in [0, 0.05) is 17.8 Å². The fourth-order valence-corrected chi connectivity index (χ4v) is 2.16. The van der Waals surface area contributed by atoms with Gasteiger partial charge in [-0.2, -0.15) is 13.2 Å². The van der Waals surface area contributed by atoms with Crippen LogP contribution in [0.5, 0.6) is 0 Å². The molecule has 0 amide bonds. The van der Waals surface area contributed by atoms with E-state index in [0.29, 0.717) is 15.7 Å². The van der Waals surface area contributed by atoms with Crippen LogP contribution in [0.15, 0.2) is 42.5 Å². The van der Waals surface area contributed by atoms with Gasteiger partial charge in [0.2, 0.25) is 0 Å². The van der Waals surface area contributed by atoms with Crippen LogP contribution in [0.25, 0.3) is 0 Å². The molecule has 0 aromatic heterocycles. The van der Waals surface area contributed by atoms with Gasteiger partial charge in [0.1, 0.15) is 0 Å². The number of anilines is 2. The summed E-state index contributed by atoms with van der Waals surface area (Å²) in [7, 11) is 1.48. The Morgan fingerprint density at radius 1 is 1.13 bits per heavy atom. The third-order valence-electron chi connectivity index (χ3n) is 3.08. The second-order valence-corrected chi connectivity index (χ2v) is 5.55. The van der Waals surface area contributed by atoms with Gasteiger partial charge in [-0.1, -0.05) is 29.3 Å². The van der Waals surface area contributed by atoms with Crippen molar-refractivity contribution in [2.45, 2.75) is 6.18 Å². The van der Waals surface area contributed by atoms with Gasteiger partial charge in [-0.05, 0) is 36.4 Å². The first-order valence-corrected chi connectivity index (χ1v) is 7.15. The lowest BCUT2D eigenvalue weighted by Crippen LogP contribution is -2.32. The van der Waals surface area contributed by atoms with E-state index in [0.717, 1.165) is 12.1 Å². The molecule has 23 heavy (non-hydrogen) atoms. The van der Waals surface area contributed by atoms with E-state index in [1.807, 2.05) is 0 Å². The van der Waals surface area contributed by atoms with E-state index >= 15 is 0 Å². The lowest BCUT2D eigenvalue weighted by Gasteiger charge is -2.22. The van der Waals surface area contributed by atoms with Crippen molar-refractivity contribution in [3.8, 4) is 0 Å². The highest BCUT2D eigenvalue weighted by Gasteiger charge is 2.30. The van der Waals surface area contributed by atoms with E-state index in [2.05, 4.69) is 5.32 Å². The van der Waals surface area contributed by atoms with Crippen molar-refractivity contribution in [2.75, 3.05) is 17.3 Å². The number of guanidine groups is 1. The average molecular weight is 362 g/mol. The summed E-state index contributed by atoms with van der Waals surface area (Å²) in [6.07, 6.45) is -4.44. The van der Waals surface area contributed by atoms with Crippen molar-refractivity contribution in [3.63, 3.8) is 0 Å². The monoisotopic (exact) mass is 361 g/mol. The first-order chi connectivity index (χ1) is 10.7. The van der Waals surface area contributed by atoms with Crippen LogP contribution in [0.3, 0.4) is 0 Å². The molecule has 2 N–H and O–H groups in total. The van der Waals surface area contributed by atoms with Gasteiger partial charge in [0.05, 0.1) is 16.3 Å². The Hall–Kier alpha value is -1.92. The van der Waals surface area contributed by atoms with E-state index in [1.54, 1.807) is 12.1 Å². The molecule has 0 atom stereocenters. The predicted molar refractivity (Wildman–Crippen MR) is 87.7 cm³/mol. The van der Waals surface area contributed by atoms with Crippen molar-refractivity contribution in [1.29, 1.82) is 5.41 Å². The summed E-state index contributed by atoms with van der Waals surface area (Å²) in [5.74, 6) is -0.145. The van der Waals surface area contributed by atoms with E-state index in [9.17, 15) is 13.2 Å². The Morgan fingerprint density at radius 2 is 1.83 bits per heavy atom. The van der Waals surface area contributed by atoms with Gasteiger partial charge in [-0.15, -0.1) is 0 Å². The van der Waals surface area contributed by atoms with E-state index < -0.39 is 11.7 Å². The zero-order valence-corrected chi connectivity index (χ0v) is 13.4. The molecule has 0 spiro atoms. The second kappa shape index (κ2) is 6.68. The van der Waals surface area contributed by atoms with Gasteiger partial charge in [-0.25, -0.2) is 0 Å². The summed E-state index contributed by atoms with van der Waals surface area (Å²) in [6, 6.07) is 9.38. The van der Waals surface area contributed by atoms with Crippen LogP contribution in [-0.4, -0.2) is 13.0 Å². The molecule has 0 heterocycles. The quantitative estimate of drug-likeness (QED) is 0.547. The molecule has 0 fully saturated rings. The Labute approximate surface area is 141 Å². The summed E-state index contributed by atoms with van der Waals surface area (Å²) in [5, 5.41) is 11.5. The molecule has 0 radical (unpaired) electrons. The summed E-state index contributed by atoms with van der Waals surface area (Å²) in [5.41, 5.74) is -0.172. The molecule has 2 aromatic rings. The van der Waals surface area contributed by atoms with Gasteiger partial charge < -0.3 is 10.2 Å². The highest BCUT2D eigenvalue weighted by molar-refractivity contribution is 6.35. The molecule has 8 heteroatoms. The van der Waals surface area contributed by atoms with Crippen LogP contribution < -0.4 is 10.2 Å². The van der Waals surface area contributed by atoms with Crippen molar-refractivity contribution in [3.05, 3.63) is 58.1 Å². The first-order valence-electron chi connectivity index (χ1n) is 6.40. The smallest absolute Gasteiger partial charge is 0.325 e. The lowest BCUT2D eigenvalue weighted by atomic mass is 10.2. The normalized spacial score (nSPS) is 11.2. The number of hydrogen-bond donors (Lipinski definition) is 2. The zero-order chi connectivity index (χ0) is 17.2. The minimum absolute atomic E-state index is 0.145. The van der Waals surface area contributed by atoms with Crippen LogP contribution in [0, 0.1) is 5.41 Å². The number of hydrogen-bond acceptors (Lipinski definition) is 1. The molecule has 0 unspecified atom stereocenters. The van der Waals surface area contributed by atoms with Crippen LogP contribution >= 0.6 is 23.2 Å². The Balaban J connectivity index is 2.21. The van der Waals surface area contributed by atoms with E-state index in [4.69, 9.17) is 28.6 Å². The number of nitrogens with zero attached hydrogens (tertiary/aromatic N) is 1. The number of alkyl halides is 3. The molecule has 122 valence electrons. The summed E-state index contributed by atoms with van der Waals surface area (Å²) in [6.45, 7) is 0. The lowest BCUT2D eigenvalue weighted by molar-refractivity contribution is -0.137. The maximum absolute atomic E-state index is 12.8. The highest BCUT2D eigenvalue weighted by Crippen LogP contribution is 2.32. The third-order valence-corrected chi connectivity index (χ3v) is 3.64. The number of rotatable bonds is 2. The van der Waals surface area contributed by atoms with Crippen molar-refractivity contribution >= 4 is 40.5 Å². The molecule has 3 nitrogen and oxygen atoms in total. The average Bonchev–Trinajstić information content (AvgIpc) is 2.49. The van der Waals surface area contributed by atoms with Crippen LogP contribution in [-0.2, 0) is 6.18 Å². The molecular weight excluding hydrogens is 350 g/mol. The van der Waals surface area contributed by atoms with E-state index in [1.165, 1.54) is 30.1 Å². The maximum atomic E-state index is 12.8. The van der Waals surface area contributed by atoms with Crippen LogP contribution in [0.4, 0.5) is 24.5 Å². The van der Waals surface area contributed by atoms with Gasteiger partial charge in [0.25, 0.3) is 0 Å². The Bertz CT molecular complexity index is 732. The Morgan fingerprint density at radius 3 is 2.48 bits per heavy atom. The molecule has 0 aliphatic carbocycles. The summed E-state index contributed by atoms with van der Waals surface area (Å²) < 4.78 is 38.3. The molecule has 0 aliphatic heterocycles. The number of nitrogens with one attached hydrogen (secondary N) is 2. The first kappa shape index (κ1) is 17.4. The summed E-state index contributed by atoms with van der Waals surface area (Å²) >= 11 is 11.9. The van der Waals surface area contributed by atoms with Crippen LogP contribution in [0.2, 0.25) is 10.0 Å². The summed E-state index contributed by atoms with van der Waals surface area (Å²) in [4.78, 5) is 1.27. The molecule has 2 aromatic carbocycles. The SMILES string of the molecule is CN(C(=N)Nc1cc(Cl)ccc1Cl)c1cccc(C(F)(F)F)c1. The van der Waals surface area contributed by atoms with Crippen molar-refractivity contribution in [2.24, 2.45) is 0 Å². The number of halogens is 5. The topological polar surface area (TPSA) is 39.1 Å². The molecule has 0 saturated carbocycles. The second-order valence-electron chi connectivity index (χ2n) is 4.70. The van der Waals surface area contributed by atoms with Gasteiger partial charge >= 0.3 is 6.18 Å². The largest absolute Gasteiger partial charge is 0.416 e. The standard InChI is InChI=1S/C15H12Cl2F3N3/c1-23(11-4-2-3-9(7-11)15(18,19)20)14(21)22-13-8-10(16)5-6-12(13)17/h2-8H,1H3,(H2,21,22). The minimum Gasteiger partial charge on any atom is -0.325 e. The minimum atomic E-state index is -4.44. The molecule has 0 aliphatic rings. The fraction of sp³-hybridized carbons (Fsp3) is 0.133. The van der Waals surface area contributed by atoms with Crippen molar-refractivity contribution in [1.82, 2.24) is 0 Å². The maximum Gasteiger partial charge on any atom is 0.416 e. The predicted octanol–water partition coefficient (Wildman–Crippen LogP) is 5.50. The molecular formula is C15H12Cl2F3N3. The van der Waals surface area contributed by atoms with Crippen LogP contribution in [0.1, 0.15) is 5.56 Å². The third kappa shape index (κ3) is 4.30. The molecule has 0 bridgehead atoms. The van der Waals surface area contributed by atoms with Crippen molar-refractivity contribution < 1.29 is 13.2 Å². The van der Waals surface area contributed by atoms with Gasteiger partial charge in [-0.3, -0.25) is 5.41 Å². The fourth-order valence-electron chi connectivity index (χ4n) is 1.82. The number of benzene rings is 2. The molecule has 2 rings (SSSR count).